The van der Waals surface area contributed by atoms with Gasteiger partial charge in [-0.05, 0) is 60.6 Å². The number of esters is 1. The second-order valence-corrected chi connectivity index (χ2v) is 11.1. The van der Waals surface area contributed by atoms with Crippen LogP contribution in [0.5, 0.6) is 5.88 Å². The molecule has 2 N–H and O–H groups in total. The number of anilines is 1. The number of hydrogen-bond acceptors (Lipinski definition) is 9. The van der Waals surface area contributed by atoms with Crippen molar-refractivity contribution in [1.29, 1.82) is 0 Å². The van der Waals surface area contributed by atoms with Gasteiger partial charge in [-0.1, -0.05) is 0 Å². The Bertz CT molecular complexity index is 903. The van der Waals surface area contributed by atoms with Gasteiger partial charge >= 0.3 is 12.1 Å². The molecule has 2 aliphatic heterocycles. The molecular weight excluding hydrogens is 1040 g/mol. The number of pyridine rings is 1. The third kappa shape index (κ3) is 13.5. The van der Waals surface area contributed by atoms with Crippen LogP contribution in [0.2, 0.25) is 0 Å². The van der Waals surface area contributed by atoms with Crippen molar-refractivity contribution in [3.63, 3.8) is 0 Å². The van der Waals surface area contributed by atoms with Crippen LogP contribution >= 0.6 is 12.4 Å². The zero-order valence-electron chi connectivity index (χ0n) is 24.4. The molecule has 0 spiro atoms. The molecule has 1 aromatic heterocycles. The second-order valence-electron chi connectivity index (χ2n) is 11.1. The van der Waals surface area contributed by atoms with Crippen molar-refractivity contribution in [3.8, 4) is 5.88 Å². The van der Waals surface area contributed by atoms with E-state index in [9.17, 15) is 9.59 Å². The Morgan fingerprint density at radius 1 is 1.00 bits per heavy atom. The van der Waals surface area contributed by atoms with Gasteiger partial charge in [0.25, 0.3) is 0 Å². The molecule has 0 bridgehead atoms. The molecule has 39 heavy (non-hydrogen) atoms. The largest absolute Gasteiger partial charge is 0.480 e. The SMILES string of the molecule is CC(C)(C)OC(=O)N1CCNCC1(C)C.COC(=O)c1ccc(N2CCNC(C)(C)C2)nc1OC.Cl.[W].[W].[W]. The molecule has 0 saturated carbocycles. The first-order chi connectivity index (χ1) is 16.2. The number of carbonyl (C=O) groups is 2. The van der Waals surface area contributed by atoms with Crippen LogP contribution in [0.25, 0.3) is 0 Å². The van der Waals surface area contributed by atoms with Gasteiger partial charge in [0.15, 0.2) is 0 Å². The molecule has 0 aromatic carbocycles. The van der Waals surface area contributed by atoms with Crippen LogP contribution in [0, 0.1) is 0 Å². The molecule has 224 valence electrons. The Morgan fingerprint density at radius 3 is 2.10 bits per heavy atom. The summed E-state index contributed by atoms with van der Waals surface area (Å²) in [4.78, 5) is 31.9. The minimum Gasteiger partial charge on any atom is -0.480 e. The first kappa shape index (κ1) is 43.2. The Kier molecular flexibility index (Phi) is 20.3. The normalized spacial score (nSPS) is 17.3. The van der Waals surface area contributed by atoms with E-state index in [-0.39, 0.29) is 92.8 Å². The number of nitrogens with zero attached hydrogens (tertiary/aromatic N) is 3. The minimum absolute atomic E-state index is 0. The number of carbonyl (C=O) groups excluding carboxylic acids is 2. The standard InChI is InChI=1S/C14H21N3O3.C11H22N2O2.ClH.3W/c1-14(2)9-17(8-7-15-14)11-6-5-10(13(18)20-4)12(16-11)19-3;1-10(2,3)15-9(14)13-7-6-12-8-11(13,4)5;;;;/h5-6,15H,7-9H2,1-4H3;12H,6-8H2,1-5H3;1H;;;. The van der Waals surface area contributed by atoms with Gasteiger partial charge in [-0.2, -0.15) is 4.98 Å². The van der Waals surface area contributed by atoms with E-state index in [1.54, 1.807) is 11.0 Å². The fraction of sp³-hybridized carbons (Fsp3) is 0.720. The third-order valence-corrected chi connectivity index (χ3v) is 5.75. The van der Waals surface area contributed by atoms with Crippen molar-refractivity contribution in [3.05, 3.63) is 17.7 Å². The average Bonchev–Trinajstić information content (AvgIpc) is 2.76. The summed E-state index contributed by atoms with van der Waals surface area (Å²) in [5.41, 5.74) is -0.208. The van der Waals surface area contributed by atoms with Crippen molar-refractivity contribution in [2.45, 2.75) is 65.1 Å². The van der Waals surface area contributed by atoms with Crippen LogP contribution in [0.4, 0.5) is 10.6 Å². The number of rotatable bonds is 3. The summed E-state index contributed by atoms with van der Waals surface area (Å²) in [6.45, 7) is 19.0. The summed E-state index contributed by atoms with van der Waals surface area (Å²) in [7, 11) is 2.84. The molecule has 0 unspecified atom stereocenters. The van der Waals surface area contributed by atoms with Crippen LogP contribution in [-0.4, -0.2) is 92.1 Å². The van der Waals surface area contributed by atoms with Gasteiger partial charge < -0.3 is 34.6 Å². The first-order valence-electron chi connectivity index (χ1n) is 12.0. The van der Waals surface area contributed by atoms with E-state index in [2.05, 4.69) is 34.4 Å². The third-order valence-electron chi connectivity index (χ3n) is 5.75. The fourth-order valence-electron chi connectivity index (χ4n) is 4.00. The number of hydrogen-bond donors (Lipinski definition) is 2. The van der Waals surface area contributed by atoms with E-state index >= 15 is 0 Å². The molecule has 0 aliphatic carbocycles. The molecule has 10 nitrogen and oxygen atoms in total. The summed E-state index contributed by atoms with van der Waals surface area (Å²) < 4.78 is 15.3. The summed E-state index contributed by atoms with van der Waals surface area (Å²) in [6, 6.07) is 3.53. The number of nitrogens with one attached hydrogen (secondary N) is 2. The number of amides is 1. The Labute approximate surface area is 283 Å². The van der Waals surface area contributed by atoms with Crippen molar-refractivity contribution in [2.75, 3.05) is 58.4 Å². The van der Waals surface area contributed by atoms with Crippen molar-refractivity contribution in [2.24, 2.45) is 0 Å². The molecular formula is C25H44ClN5O5W3. The topological polar surface area (TPSA) is 105 Å². The monoisotopic (exact) mass is 1080 g/mol. The van der Waals surface area contributed by atoms with Gasteiger partial charge in [-0.25, -0.2) is 9.59 Å². The van der Waals surface area contributed by atoms with Crippen LogP contribution in [0.15, 0.2) is 12.1 Å². The van der Waals surface area contributed by atoms with Crippen molar-refractivity contribution in [1.82, 2.24) is 20.5 Å². The van der Waals surface area contributed by atoms with Gasteiger partial charge in [0, 0.05) is 108 Å². The van der Waals surface area contributed by atoms with Crippen molar-refractivity contribution >= 4 is 30.3 Å². The van der Waals surface area contributed by atoms with E-state index in [4.69, 9.17) is 14.2 Å². The summed E-state index contributed by atoms with van der Waals surface area (Å²) in [6.07, 6.45) is -0.214. The van der Waals surface area contributed by atoms with Crippen LogP contribution in [0.1, 0.15) is 58.8 Å². The molecule has 1 amide bonds. The van der Waals surface area contributed by atoms with E-state index in [1.807, 2.05) is 40.7 Å². The first-order valence-corrected chi connectivity index (χ1v) is 12.0. The molecule has 2 aliphatic rings. The zero-order valence-corrected chi connectivity index (χ0v) is 34.0. The van der Waals surface area contributed by atoms with Gasteiger partial charge in [-0.15, -0.1) is 12.4 Å². The number of ether oxygens (including phenoxy) is 3. The van der Waals surface area contributed by atoms with Crippen LogP contribution in [0.3, 0.4) is 0 Å². The molecule has 3 heterocycles. The molecule has 2 fully saturated rings. The van der Waals surface area contributed by atoms with Crippen LogP contribution in [-0.2, 0) is 72.7 Å². The molecule has 1 aromatic rings. The van der Waals surface area contributed by atoms with Gasteiger partial charge in [0.2, 0.25) is 5.88 Å². The molecule has 0 radical (unpaired) electrons. The maximum absolute atomic E-state index is 11.9. The summed E-state index contributed by atoms with van der Waals surface area (Å²) in [5.74, 6) is 0.663. The number of halogens is 1. The Morgan fingerprint density at radius 2 is 1.62 bits per heavy atom. The van der Waals surface area contributed by atoms with Gasteiger partial charge in [-0.3, -0.25) is 0 Å². The van der Waals surface area contributed by atoms with Crippen LogP contribution < -0.4 is 20.3 Å². The van der Waals surface area contributed by atoms with E-state index in [0.717, 1.165) is 38.5 Å². The average molecular weight is 1080 g/mol. The number of piperazine rings is 2. The minimum atomic E-state index is -0.443. The van der Waals surface area contributed by atoms with E-state index in [1.165, 1.54) is 14.2 Å². The van der Waals surface area contributed by atoms with Gasteiger partial charge in [0.1, 0.15) is 17.0 Å². The summed E-state index contributed by atoms with van der Waals surface area (Å²) >= 11 is 0. The number of methoxy groups -OCH3 is 2. The molecule has 3 rings (SSSR count). The second kappa shape index (κ2) is 18.3. The predicted molar refractivity (Wildman–Crippen MR) is 144 cm³/mol. The van der Waals surface area contributed by atoms with E-state index < -0.39 is 11.6 Å². The smallest absolute Gasteiger partial charge is 0.410 e. The quantitative estimate of drug-likeness (QED) is 0.443. The Balaban J connectivity index is -0.000000623. The fourth-order valence-corrected chi connectivity index (χ4v) is 4.00. The summed E-state index contributed by atoms with van der Waals surface area (Å²) in [5, 5.41) is 6.72. The molecule has 0 atom stereocenters. The maximum Gasteiger partial charge on any atom is 0.410 e. The number of aromatic nitrogens is 1. The van der Waals surface area contributed by atoms with Gasteiger partial charge in [0.05, 0.1) is 19.8 Å². The predicted octanol–water partition coefficient (Wildman–Crippen LogP) is 3.08. The zero-order chi connectivity index (χ0) is 26.4. The maximum atomic E-state index is 11.9. The van der Waals surface area contributed by atoms with E-state index in [0.29, 0.717) is 18.0 Å². The molecule has 14 heteroatoms. The van der Waals surface area contributed by atoms with Crippen molar-refractivity contribution < 1.29 is 87.0 Å². The Hall–Kier alpha value is -0.235. The molecule has 2 saturated heterocycles.